The third kappa shape index (κ3) is 43.5. The summed E-state index contributed by atoms with van der Waals surface area (Å²) < 4.78 is 34.6. The second-order valence-electron chi connectivity index (χ2n) is 31.0. The second-order valence-corrected chi connectivity index (χ2v) is 31.0. The molecule has 0 aromatic carbocycles. The molecule has 17 atom stereocenters. The molecule has 0 aromatic rings. The van der Waals surface area contributed by atoms with Gasteiger partial charge in [-0.2, -0.15) is 0 Å². The highest BCUT2D eigenvalue weighted by molar-refractivity contribution is 5.76. The topological polar surface area (TPSA) is 307 Å². The Morgan fingerprint density at radius 2 is 0.564 bits per heavy atom. The summed E-state index contributed by atoms with van der Waals surface area (Å²) in [7, 11) is 0. The van der Waals surface area contributed by atoms with Crippen molar-refractivity contribution in [2.24, 2.45) is 0 Å². The Kier molecular flexibility index (Phi) is 59.3. The van der Waals surface area contributed by atoms with E-state index in [1.165, 1.54) is 308 Å². The number of amides is 1. The molecule has 0 radical (unpaired) electrons. The minimum absolute atomic E-state index is 0.232. The van der Waals surface area contributed by atoms with E-state index in [-0.39, 0.29) is 18.9 Å². The van der Waals surface area contributed by atoms with Gasteiger partial charge < -0.3 is 89.9 Å². The molecule has 12 N–H and O–H groups in total. The number of hydrogen-bond donors (Lipinski definition) is 12. The van der Waals surface area contributed by atoms with Crippen LogP contribution in [-0.2, 0) is 33.2 Å². The summed E-state index contributed by atoms with van der Waals surface area (Å²) >= 11 is 0. The molecule has 0 spiro atoms. The summed E-state index contributed by atoms with van der Waals surface area (Å²) in [6, 6.07) is -0.884. The Hall–Kier alpha value is -1.21. The summed E-state index contributed by atoms with van der Waals surface area (Å²) in [6.45, 7) is 1.88. The van der Waals surface area contributed by atoms with Crippen molar-refractivity contribution < 1.29 is 89.4 Å². The monoisotopic (exact) mass is 1450 g/mol. The van der Waals surface area contributed by atoms with Gasteiger partial charge in [0.05, 0.1) is 38.6 Å². The van der Waals surface area contributed by atoms with E-state index in [9.17, 15) is 61.0 Å². The van der Waals surface area contributed by atoms with Crippen molar-refractivity contribution in [1.82, 2.24) is 5.32 Å². The molecular weight excluding hydrogens is 1290 g/mol. The molecule has 17 unspecified atom stereocenters. The van der Waals surface area contributed by atoms with Crippen molar-refractivity contribution in [3.8, 4) is 0 Å². The van der Waals surface area contributed by atoms with Crippen LogP contribution in [0.2, 0.25) is 0 Å². The molecule has 101 heavy (non-hydrogen) atoms. The number of carbonyl (C=O) groups excluding carboxylic acids is 1. The van der Waals surface area contributed by atoms with Gasteiger partial charge in [0, 0.05) is 6.42 Å². The SMILES string of the molecule is CCCCCCCCCCCCCCCCCCCCCCCCCCCCCCCCCCCC(=O)NC(COC1OC(CO)C(OC2OC(CO)C(OC3OC(CO)C(O)C(O)C3O)C(O)C2O)C(O)C1O)C(O)CCCCCCCCCCCCCCCCCCCCCCCCC. The van der Waals surface area contributed by atoms with E-state index in [2.05, 4.69) is 19.2 Å². The number of hydrogen-bond acceptors (Lipinski definition) is 18. The number of nitrogens with one attached hydrogen (secondary N) is 1. The molecule has 0 bridgehead atoms. The molecule has 19 heteroatoms. The summed E-state index contributed by atoms with van der Waals surface area (Å²) in [4.78, 5) is 13.5. The molecule has 0 aromatic heterocycles. The maximum absolute atomic E-state index is 13.5. The predicted molar refractivity (Wildman–Crippen MR) is 402 cm³/mol. The van der Waals surface area contributed by atoms with Gasteiger partial charge in [-0.25, -0.2) is 0 Å². The average Bonchev–Trinajstić information content (AvgIpc) is 0.783. The first kappa shape index (κ1) is 94.0. The number of ether oxygens (including phenoxy) is 6. The van der Waals surface area contributed by atoms with Gasteiger partial charge in [-0.1, -0.05) is 367 Å². The first-order valence-corrected chi connectivity index (χ1v) is 42.8. The van der Waals surface area contributed by atoms with Gasteiger partial charge in [-0.05, 0) is 12.8 Å². The average molecular weight is 1450 g/mol. The maximum Gasteiger partial charge on any atom is 0.220 e. The van der Waals surface area contributed by atoms with Crippen LogP contribution in [0.1, 0.15) is 386 Å². The lowest BCUT2D eigenvalue weighted by Crippen LogP contribution is -2.66. The van der Waals surface area contributed by atoms with Gasteiger partial charge >= 0.3 is 0 Å². The highest BCUT2D eigenvalue weighted by Crippen LogP contribution is 2.34. The van der Waals surface area contributed by atoms with Crippen molar-refractivity contribution >= 4 is 5.91 Å². The standard InChI is InChI=1S/C82H159NO18/c1-3-5-7-9-11-13-15-17-19-21-23-25-27-28-29-30-31-32-33-34-35-36-38-40-42-44-46-48-50-52-54-56-58-60-70(88)83-65(66(87)59-57-55-53-51-49-47-45-43-41-39-37-26-24-22-20-18-16-14-12-10-8-6-4-2)64-96-80-76(94)73(91)78(68(62-85)98-80)101-82-77(95)74(92)79(69(63-86)99-82)100-81-75(93)72(90)71(89)67(61-84)97-81/h65-69,71-82,84-87,89-95H,3-64H2,1-2H3,(H,83,88). The van der Waals surface area contributed by atoms with Gasteiger partial charge in [0.2, 0.25) is 5.91 Å². The number of rotatable bonds is 70. The van der Waals surface area contributed by atoms with E-state index < -0.39 is 124 Å². The van der Waals surface area contributed by atoms with E-state index in [0.717, 1.165) is 44.9 Å². The molecule has 1 amide bonds. The lowest BCUT2D eigenvalue weighted by atomic mass is 9.96. The Bertz CT molecular complexity index is 1820. The molecule has 0 saturated carbocycles. The number of aliphatic hydroxyl groups excluding tert-OH is 11. The summed E-state index contributed by atoms with van der Waals surface area (Å²) in [5.41, 5.74) is 0. The fourth-order valence-electron chi connectivity index (χ4n) is 15.1. The Morgan fingerprint density at radius 1 is 0.317 bits per heavy atom. The summed E-state index contributed by atoms with van der Waals surface area (Å²) in [5, 5.41) is 121. The van der Waals surface area contributed by atoms with E-state index in [1.807, 2.05) is 0 Å². The lowest BCUT2D eigenvalue weighted by Gasteiger charge is -2.48. The molecule has 600 valence electrons. The van der Waals surface area contributed by atoms with Gasteiger partial charge in [0.15, 0.2) is 18.9 Å². The molecule has 3 fully saturated rings. The summed E-state index contributed by atoms with van der Waals surface area (Å²) in [6.07, 6.45) is 47.8. The van der Waals surface area contributed by atoms with E-state index in [0.29, 0.717) is 12.8 Å². The molecule has 3 saturated heterocycles. The number of aliphatic hydroxyl groups is 11. The van der Waals surface area contributed by atoms with Crippen LogP contribution in [0.5, 0.6) is 0 Å². The highest BCUT2D eigenvalue weighted by Gasteiger charge is 2.54. The third-order valence-electron chi connectivity index (χ3n) is 21.9. The first-order valence-electron chi connectivity index (χ1n) is 42.8. The van der Waals surface area contributed by atoms with Crippen molar-refractivity contribution in [2.45, 2.75) is 491 Å². The van der Waals surface area contributed by atoms with Gasteiger partial charge in [0.25, 0.3) is 0 Å². The number of carbonyl (C=O) groups is 1. The van der Waals surface area contributed by atoms with E-state index >= 15 is 0 Å². The molecule has 19 nitrogen and oxygen atoms in total. The smallest absolute Gasteiger partial charge is 0.220 e. The van der Waals surface area contributed by atoms with Crippen LogP contribution in [0.3, 0.4) is 0 Å². The fourth-order valence-corrected chi connectivity index (χ4v) is 15.1. The van der Waals surface area contributed by atoms with Crippen LogP contribution in [0.15, 0.2) is 0 Å². The Balaban J connectivity index is 1.33. The quantitative estimate of drug-likeness (QED) is 0.0252. The van der Waals surface area contributed by atoms with Crippen LogP contribution in [-0.4, -0.2) is 193 Å². The molecule has 0 aliphatic carbocycles. The van der Waals surface area contributed by atoms with Crippen LogP contribution in [0.4, 0.5) is 0 Å². The minimum atomic E-state index is -1.97. The molecule has 3 rings (SSSR count). The zero-order valence-corrected chi connectivity index (χ0v) is 64.4. The van der Waals surface area contributed by atoms with Crippen LogP contribution >= 0.6 is 0 Å². The minimum Gasteiger partial charge on any atom is -0.394 e. The largest absolute Gasteiger partial charge is 0.394 e. The van der Waals surface area contributed by atoms with Crippen LogP contribution < -0.4 is 5.32 Å². The predicted octanol–water partition coefficient (Wildman–Crippen LogP) is 15.0. The fraction of sp³-hybridized carbons (Fsp3) is 0.988. The van der Waals surface area contributed by atoms with Crippen molar-refractivity contribution in [2.75, 3.05) is 26.4 Å². The van der Waals surface area contributed by atoms with Crippen LogP contribution in [0, 0.1) is 0 Å². The third-order valence-corrected chi connectivity index (χ3v) is 21.9. The molecule has 3 heterocycles. The summed E-state index contributed by atoms with van der Waals surface area (Å²) in [5.74, 6) is -0.232. The Morgan fingerprint density at radius 3 is 0.861 bits per heavy atom. The number of unbranched alkanes of at least 4 members (excludes halogenated alkanes) is 54. The zero-order chi connectivity index (χ0) is 73.2. The highest BCUT2D eigenvalue weighted by atomic mass is 16.8. The van der Waals surface area contributed by atoms with Crippen LogP contribution in [0.25, 0.3) is 0 Å². The van der Waals surface area contributed by atoms with Gasteiger partial charge in [-0.15, -0.1) is 0 Å². The molecule has 3 aliphatic heterocycles. The van der Waals surface area contributed by atoms with E-state index in [4.69, 9.17) is 28.4 Å². The normalized spacial score (nSPS) is 26.2. The van der Waals surface area contributed by atoms with Gasteiger partial charge in [-0.3, -0.25) is 4.79 Å². The van der Waals surface area contributed by atoms with Crippen molar-refractivity contribution in [3.05, 3.63) is 0 Å². The maximum atomic E-state index is 13.5. The van der Waals surface area contributed by atoms with Crippen molar-refractivity contribution in [3.63, 3.8) is 0 Å². The van der Waals surface area contributed by atoms with Crippen molar-refractivity contribution in [1.29, 1.82) is 0 Å². The zero-order valence-electron chi connectivity index (χ0n) is 64.4. The van der Waals surface area contributed by atoms with E-state index in [1.54, 1.807) is 0 Å². The lowest BCUT2D eigenvalue weighted by molar-refractivity contribution is -0.379. The molecular formula is C82H159NO18. The first-order chi connectivity index (χ1) is 49.3. The van der Waals surface area contributed by atoms with Gasteiger partial charge in [0.1, 0.15) is 73.2 Å². The second kappa shape index (κ2) is 63.7. The molecule has 3 aliphatic rings. The Labute approximate surface area is 614 Å².